The van der Waals surface area contributed by atoms with Crippen LogP contribution in [0.2, 0.25) is 0 Å². The van der Waals surface area contributed by atoms with Gasteiger partial charge in [-0.2, -0.15) is 0 Å². The summed E-state index contributed by atoms with van der Waals surface area (Å²) in [4.78, 5) is 11.6. The summed E-state index contributed by atoms with van der Waals surface area (Å²) in [6.07, 6.45) is 5.99. The maximum Gasteiger partial charge on any atom is 0.159 e. The third-order valence-electron chi connectivity index (χ3n) is 5.51. The molecule has 0 saturated heterocycles. The van der Waals surface area contributed by atoms with E-state index < -0.39 is 0 Å². The summed E-state index contributed by atoms with van der Waals surface area (Å²) in [6.45, 7) is 5.99. The highest BCUT2D eigenvalue weighted by Crippen LogP contribution is 2.48. The molecule has 21 heavy (non-hydrogen) atoms. The van der Waals surface area contributed by atoms with E-state index in [1.54, 1.807) is 6.92 Å². The van der Waals surface area contributed by atoms with Gasteiger partial charge in [-0.3, -0.25) is 4.79 Å². The molecular weight excluding hydrogens is 260 g/mol. The average molecular weight is 284 g/mol. The Morgan fingerprint density at radius 2 is 2.00 bits per heavy atom. The van der Waals surface area contributed by atoms with Crippen molar-refractivity contribution in [2.75, 3.05) is 0 Å². The molecule has 2 heteroatoms. The van der Waals surface area contributed by atoms with Gasteiger partial charge in [0.05, 0.1) is 6.10 Å². The summed E-state index contributed by atoms with van der Waals surface area (Å²) in [5.41, 5.74) is 4.71. The van der Waals surface area contributed by atoms with Crippen LogP contribution in [-0.4, -0.2) is 17.0 Å². The van der Waals surface area contributed by atoms with Gasteiger partial charge < -0.3 is 5.11 Å². The van der Waals surface area contributed by atoms with Crippen molar-refractivity contribution in [2.24, 2.45) is 11.3 Å². The van der Waals surface area contributed by atoms with Crippen molar-refractivity contribution in [3.8, 4) is 0 Å². The highest BCUT2D eigenvalue weighted by Gasteiger charge is 2.42. The minimum Gasteiger partial charge on any atom is -0.393 e. The van der Waals surface area contributed by atoms with Crippen LogP contribution in [0.4, 0.5) is 0 Å². The van der Waals surface area contributed by atoms with E-state index in [9.17, 15) is 9.90 Å². The smallest absolute Gasteiger partial charge is 0.159 e. The Hall–Kier alpha value is -1.41. The minimum atomic E-state index is -0.214. The number of rotatable bonds is 1. The van der Waals surface area contributed by atoms with Crippen molar-refractivity contribution in [1.82, 2.24) is 0 Å². The lowest BCUT2D eigenvalue weighted by Crippen LogP contribution is -2.41. The highest BCUT2D eigenvalue weighted by atomic mass is 16.3. The Balaban J connectivity index is 2.03. The van der Waals surface area contributed by atoms with Gasteiger partial charge >= 0.3 is 0 Å². The summed E-state index contributed by atoms with van der Waals surface area (Å²) >= 11 is 0. The molecule has 0 heterocycles. The molecule has 2 unspecified atom stereocenters. The molecule has 0 spiro atoms. The van der Waals surface area contributed by atoms with Crippen LogP contribution in [0.25, 0.3) is 6.08 Å². The van der Waals surface area contributed by atoms with Gasteiger partial charge in [0.2, 0.25) is 0 Å². The molecular formula is C19H24O2. The first-order valence-corrected chi connectivity index (χ1v) is 7.92. The predicted octanol–water partition coefficient (Wildman–Crippen LogP) is 4.02. The van der Waals surface area contributed by atoms with Gasteiger partial charge in [-0.1, -0.05) is 37.6 Å². The Kier molecular flexibility index (Phi) is 3.53. The predicted molar refractivity (Wildman–Crippen MR) is 85.3 cm³/mol. The number of aliphatic hydroxyl groups is 1. The first-order valence-electron chi connectivity index (χ1n) is 7.92. The maximum atomic E-state index is 11.6. The van der Waals surface area contributed by atoms with Crippen molar-refractivity contribution >= 4 is 11.9 Å². The van der Waals surface area contributed by atoms with Crippen LogP contribution in [-0.2, 0) is 6.42 Å². The number of allylic oxidation sites excluding steroid dienone is 1. The maximum absolute atomic E-state index is 11.6. The van der Waals surface area contributed by atoms with Crippen LogP contribution >= 0.6 is 0 Å². The zero-order valence-electron chi connectivity index (χ0n) is 13.1. The summed E-state index contributed by atoms with van der Waals surface area (Å²) in [5, 5.41) is 10.3. The van der Waals surface area contributed by atoms with Crippen LogP contribution in [0.15, 0.2) is 23.8 Å². The Morgan fingerprint density at radius 3 is 2.71 bits per heavy atom. The molecule has 1 N–H and O–H groups in total. The van der Waals surface area contributed by atoms with Gasteiger partial charge in [-0.05, 0) is 61.1 Å². The zero-order chi connectivity index (χ0) is 15.2. The lowest BCUT2D eigenvalue weighted by atomic mass is 9.63. The number of benzene rings is 1. The zero-order valence-corrected chi connectivity index (χ0v) is 13.1. The molecule has 2 nitrogen and oxygen atoms in total. The van der Waals surface area contributed by atoms with Gasteiger partial charge in [0.15, 0.2) is 5.78 Å². The third kappa shape index (κ3) is 2.46. The molecule has 2 atom stereocenters. The van der Waals surface area contributed by atoms with E-state index >= 15 is 0 Å². The molecule has 3 rings (SSSR count). The van der Waals surface area contributed by atoms with E-state index in [4.69, 9.17) is 0 Å². The van der Waals surface area contributed by atoms with Gasteiger partial charge in [0.1, 0.15) is 0 Å². The van der Waals surface area contributed by atoms with E-state index in [1.165, 1.54) is 16.7 Å². The Morgan fingerprint density at radius 1 is 1.24 bits per heavy atom. The van der Waals surface area contributed by atoms with Crippen molar-refractivity contribution < 1.29 is 9.90 Å². The quantitative estimate of drug-likeness (QED) is 0.791. The lowest BCUT2D eigenvalue weighted by molar-refractivity contribution is -0.00826. The first kappa shape index (κ1) is 14.5. The van der Waals surface area contributed by atoms with Crippen LogP contribution in [0.5, 0.6) is 0 Å². The number of ketones is 1. The summed E-state index contributed by atoms with van der Waals surface area (Å²) in [7, 11) is 0. The van der Waals surface area contributed by atoms with Gasteiger partial charge in [-0.25, -0.2) is 0 Å². The topological polar surface area (TPSA) is 37.3 Å². The molecule has 0 aromatic heterocycles. The minimum absolute atomic E-state index is 0.0600. The average Bonchev–Trinajstić information content (AvgIpc) is 2.62. The molecule has 2 aliphatic rings. The number of carbonyl (C=O) groups is 1. The molecule has 0 radical (unpaired) electrons. The second-order valence-electron chi connectivity index (χ2n) is 7.16. The van der Waals surface area contributed by atoms with Crippen LogP contribution < -0.4 is 0 Å². The third-order valence-corrected chi connectivity index (χ3v) is 5.51. The van der Waals surface area contributed by atoms with Crippen molar-refractivity contribution in [2.45, 2.75) is 52.6 Å². The van der Waals surface area contributed by atoms with E-state index in [2.05, 4.69) is 26.0 Å². The summed E-state index contributed by atoms with van der Waals surface area (Å²) < 4.78 is 0. The molecule has 1 aromatic carbocycles. The Labute approximate surface area is 126 Å². The number of aryl methyl sites for hydroxylation is 1. The monoisotopic (exact) mass is 284 g/mol. The van der Waals surface area contributed by atoms with Gasteiger partial charge in [0, 0.05) is 5.56 Å². The second-order valence-corrected chi connectivity index (χ2v) is 7.16. The summed E-state index contributed by atoms with van der Waals surface area (Å²) in [5.74, 6) is 0.561. The molecule has 1 aromatic rings. The number of hydrogen-bond acceptors (Lipinski definition) is 2. The number of aliphatic hydroxyl groups excluding tert-OH is 1. The van der Waals surface area contributed by atoms with Crippen LogP contribution in [0, 0.1) is 11.3 Å². The number of Topliss-reactive ketones (excluding diaryl/α,β-unsaturated/α-hetero) is 1. The molecule has 0 amide bonds. The van der Waals surface area contributed by atoms with Crippen LogP contribution in [0.3, 0.4) is 0 Å². The van der Waals surface area contributed by atoms with E-state index in [1.807, 2.05) is 12.1 Å². The fraction of sp³-hybridized carbons (Fsp3) is 0.526. The van der Waals surface area contributed by atoms with Gasteiger partial charge in [0.25, 0.3) is 0 Å². The van der Waals surface area contributed by atoms with E-state index in [0.29, 0.717) is 5.92 Å². The molecule has 0 bridgehead atoms. The SMILES string of the molecule is CC(=O)c1ccc2c(c1)C=C1CCC(O)C(C)(C)C1CC2. The van der Waals surface area contributed by atoms with E-state index in [0.717, 1.165) is 31.2 Å². The standard InChI is InChI=1S/C19H24O2/c1-12(20)14-5-4-13-6-8-17-15(11-16(13)10-14)7-9-18(21)19(17,2)3/h4-5,10-11,17-18,21H,6-9H2,1-3H3. The molecule has 2 aliphatic carbocycles. The fourth-order valence-corrected chi connectivity index (χ4v) is 3.97. The molecule has 112 valence electrons. The number of carbonyl (C=O) groups excluding carboxylic acids is 1. The Bertz CT molecular complexity index is 610. The lowest BCUT2D eigenvalue weighted by Gasteiger charge is -2.44. The molecule has 0 aliphatic heterocycles. The molecule has 1 saturated carbocycles. The second kappa shape index (κ2) is 5.10. The normalized spacial score (nSPS) is 27.1. The highest BCUT2D eigenvalue weighted by molar-refractivity contribution is 5.94. The van der Waals surface area contributed by atoms with E-state index in [-0.39, 0.29) is 17.3 Å². The fourth-order valence-electron chi connectivity index (χ4n) is 3.97. The van der Waals surface area contributed by atoms with Crippen molar-refractivity contribution in [3.05, 3.63) is 40.5 Å². The number of hydrogen-bond donors (Lipinski definition) is 1. The van der Waals surface area contributed by atoms with Crippen molar-refractivity contribution in [3.63, 3.8) is 0 Å². The van der Waals surface area contributed by atoms with Crippen LogP contribution in [0.1, 0.15) is 61.5 Å². The molecule has 1 fully saturated rings. The van der Waals surface area contributed by atoms with Gasteiger partial charge in [-0.15, -0.1) is 0 Å². The van der Waals surface area contributed by atoms with Crippen molar-refractivity contribution in [1.29, 1.82) is 0 Å². The number of fused-ring (bicyclic) bond motifs is 2. The summed E-state index contributed by atoms with van der Waals surface area (Å²) in [6, 6.07) is 6.07. The first-order chi connectivity index (χ1) is 9.89. The largest absolute Gasteiger partial charge is 0.393 e.